The average Bonchev–Trinajstić information content (AvgIpc) is 3.00. The van der Waals surface area contributed by atoms with E-state index in [9.17, 15) is 0 Å². The van der Waals surface area contributed by atoms with E-state index in [1.165, 1.54) is 0 Å². The maximum atomic E-state index is 8.77. The van der Waals surface area contributed by atoms with Crippen molar-refractivity contribution >= 4 is 46.2 Å². The lowest BCUT2D eigenvalue weighted by Gasteiger charge is -2.17. The van der Waals surface area contributed by atoms with Gasteiger partial charge in [-0.3, -0.25) is 10.9 Å². The zero-order valence-electron chi connectivity index (χ0n) is 22.5. The second-order valence-corrected chi connectivity index (χ2v) is 9.03. The first-order valence-corrected chi connectivity index (χ1v) is 12.8. The van der Waals surface area contributed by atoms with Crippen LogP contribution >= 0.6 is 0 Å². The summed E-state index contributed by atoms with van der Waals surface area (Å²) in [4.78, 5) is 4.08. The van der Waals surface area contributed by atoms with Crippen LogP contribution in [0.4, 0.5) is 23.0 Å². The van der Waals surface area contributed by atoms with E-state index in [0.717, 1.165) is 33.3 Å². The third-order valence-electron chi connectivity index (χ3n) is 6.24. The Bertz CT molecular complexity index is 1430. The van der Waals surface area contributed by atoms with Gasteiger partial charge >= 0.3 is 0 Å². The smallest absolute Gasteiger partial charge is 0.176 e. The van der Waals surface area contributed by atoms with Crippen LogP contribution in [0.1, 0.15) is 24.0 Å². The summed E-state index contributed by atoms with van der Waals surface area (Å²) in [6.45, 7) is 1.37. The summed E-state index contributed by atoms with van der Waals surface area (Å²) in [6, 6.07) is 28.0. The molecule has 0 bridgehead atoms. The number of anilines is 4. The van der Waals surface area contributed by atoms with Crippen LogP contribution in [0.2, 0.25) is 0 Å². The lowest BCUT2D eigenvalue weighted by atomic mass is 10.2. The Morgan fingerprint density at radius 1 is 0.675 bits per heavy atom. The minimum atomic E-state index is 0.483. The maximum Gasteiger partial charge on any atom is 0.176 e. The Morgan fingerprint density at radius 2 is 1.07 bits per heavy atom. The highest BCUT2D eigenvalue weighted by molar-refractivity contribution is 5.98. The number of nitrogens with one attached hydrogen (secondary N) is 2. The Balaban J connectivity index is 1.40. The summed E-state index contributed by atoms with van der Waals surface area (Å²) in [7, 11) is 3.93. The first-order valence-electron chi connectivity index (χ1n) is 12.8. The Kier molecular flexibility index (Phi) is 9.57. The van der Waals surface area contributed by atoms with Gasteiger partial charge in [0.05, 0.1) is 37.4 Å². The number of nitriles is 2. The molecule has 0 saturated heterocycles. The molecule has 0 spiro atoms. The van der Waals surface area contributed by atoms with Crippen LogP contribution in [0.15, 0.2) is 83.0 Å². The third kappa shape index (κ3) is 7.30. The van der Waals surface area contributed by atoms with E-state index >= 15 is 0 Å². The molecule has 3 aromatic carbocycles. The Morgan fingerprint density at radius 3 is 1.45 bits per heavy atom. The van der Waals surface area contributed by atoms with E-state index in [4.69, 9.17) is 10.5 Å². The van der Waals surface area contributed by atoms with Gasteiger partial charge in [-0.2, -0.15) is 20.7 Å². The molecule has 0 aliphatic carbocycles. The van der Waals surface area contributed by atoms with Crippen molar-refractivity contribution in [3.63, 3.8) is 0 Å². The number of hydrogen-bond donors (Lipinski definition) is 2. The summed E-state index contributed by atoms with van der Waals surface area (Å²) in [5.74, 6) is 1.07. The topological polar surface area (TPSA) is 129 Å². The van der Waals surface area contributed by atoms with Crippen LogP contribution in [-0.4, -0.2) is 49.8 Å². The summed E-state index contributed by atoms with van der Waals surface area (Å²) >= 11 is 0. The van der Waals surface area contributed by atoms with E-state index < -0.39 is 0 Å². The molecule has 0 saturated carbocycles. The maximum absolute atomic E-state index is 8.77. The number of aromatic nitrogens is 2. The molecule has 0 aliphatic heterocycles. The van der Waals surface area contributed by atoms with Crippen molar-refractivity contribution in [3.8, 4) is 12.1 Å². The molecule has 0 aliphatic rings. The number of hydrogen-bond acceptors (Lipinski definition) is 10. The minimum Gasteiger partial charge on any atom is -0.374 e. The van der Waals surface area contributed by atoms with Gasteiger partial charge in [-0.05, 0) is 35.4 Å². The molecule has 0 atom stereocenters. The Labute approximate surface area is 233 Å². The molecule has 0 unspecified atom stereocenters. The molecule has 4 rings (SSSR count). The zero-order valence-corrected chi connectivity index (χ0v) is 22.5. The van der Waals surface area contributed by atoms with E-state index in [1.807, 2.05) is 96.7 Å². The molecule has 0 fully saturated rings. The van der Waals surface area contributed by atoms with Crippen molar-refractivity contribution < 1.29 is 0 Å². The number of hydrazone groups is 2. The van der Waals surface area contributed by atoms with Gasteiger partial charge in [0.25, 0.3) is 0 Å². The van der Waals surface area contributed by atoms with Crippen LogP contribution in [0.5, 0.6) is 0 Å². The molecule has 4 aromatic rings. The van der Waals surface area contributed by atoms with E-state index in [2.05, 4.69) is 43.4 Å². The predicted octanol–water partition coefficient (Wildman–Crippen LogP) is 5.22. The van der Waals surface area contributed by atoms with Gasteiger partial charge in [-0.25, -0.2) is 0 Å². The number of benzene rings is 3. The van der Waals surface area contributed by atoms with Crippen molar-refractivity contribution in [2.75, 3.05) is 47.8 Å². The van der Waals surface area contributed by atoms with Crippen molar-refractivity contribution in [2.24, 2.45) is 10.2 Å². The summed E-state index contributed by atoms with van der Waals surface area (Å²) in [5, 5.41) is 36.6. The molecular formula is C30H30N10. The fourth-order valence-corrected chi connectivity index (χ4v) is 3.93. The highest BCUT2D eigenvalue weighted by atomic mass is 15.4. The molecule has 1 heterocycles. The minimum absolute atomic E-state index is 0.483. The molecule has 40 heavy (non-hydrogen) atoms. The monoisotopic (exact) mass is 530 g/mol. The van der Waals surface area contributed by atoms with E-state index in [-0.39, 0.29) is 0 Å². The lowest BCUT2D eigenvalue weighted by Crippen LogP contribution is -2.17. The van der Waals surface area contributed by atoms with Gasteiger partial charge in [0.15, 0.2) is 11.6 Å². The van der Waals surface area contributed by atoms with Gasteiger partial charge in [-0.1, -0.05) is 48.5 Å². The van der Waals surface area contributed by atoms with Crippen LogP contribution in [0.3, 0.4) is 0 Å². The summed E-state index contributed by atoms with van der Waals surface area (Å²) < 4.78 is 0. The normalized spacial score (nSPS) is 10.9. The van der Waals surface area contributed by atoms with Gasteiger partial charge in [0, 0.05) is 49.3 Å². The second kappa shape index (κ2) is 13.9. The quantitative estimate of drug-likeness (QED) is 0.188. The SMILES string of the molecule is CN(CCC#N)c1ccc(/C=N\Nc2nnc(N/N=C\c3ccc(N(C)CCC#N)cc3)c3ccccc23)cc1. The van der Waals surface area contributed by atoms with Crippen LogP contribution in [0.25, 0.3) is 10.8 Å². The van der Waals surface area contributed by atoms with Crippen LogP contribution < -0.4 is 20.7 Å². The van der Waals surface area contributed by atoms with Gasteiger partial charge < -0.3 is 9.80 Å². The molecule has 200 valence electrons. The fourth-order valence-electron chi connectivity index (χ4n) is 3.93. The van der Waals surface area contributed by atoms with Crippen molar-refractivity contribution in [1.82, 2.24) is 10.2 Å². The highest BCUT2D eigenvalue weighted by Crippen LogP contribution is 2.26. The largest absolute Gasteiger partial charge is 0.374 e. The lowest BCUT2D eigenvalue weighted by molar-refractivity contribution is 0.905. The van der Waals surface area contributed by atoms with E-state index in [0.29, 0.717) is 37.6 Å². The summed E-state index contributed by atoms with van der Waals surface area (Å²) in [6.07, 6.45) is 4.41. The van der Waals surface area contributed by atoms with Crippen LogP contribution in [-0.2, 0) is 0 Å². The highest BCUT2D eigenvalue weighted by Gasteiger charge is 2.08. The van der Waals surface area contributed by atoms with Gasteiger partial charge in [0.2, 0.25) is 0 Å². The molecule has 10 nitrogen and oxygen atoms in total. The number of fused-ring (bicyclic) bond motifs is 1. The van der Waals surface area contributed by atoms with Gasteiger partial charge in [0.1, 0.15) is 0 Å². The van der Waals surface area contributed by atoms with Crippen molar-refractivity contribution in [1.29, 1.82) is 10.5 Å². The predicted molar refractivity (Wildman–Crippen MR) is 162 cm³/mol. The Hall–Kier alpha value is -5.48. The summed E-state index contributed by atoms with van der Waals surface area (Å²) in [5.41, 5.74) is 9.94. The average molecular weight is 531 g/mol. The molecule has 0 amide bonds. The molecule has 10 heteroatoms. The number of nitrogens with zero attached hydrogens (tertiary/aromatic N) is 8. The molecule has 0 radical (unpaired) electrons. The second-order valence-electron chi connectivity index (χ2n) is 9.03. The fraction of sp³-hybridized carbons (Fsp3) is 0.200. The standard InChI is InChI=1S/C30H30N10/c1-39(19-5-17-31)25-13-9-23(10-14-25)21-33-35-29-27-7-3-4-8-28(27)30(38-37-29)36-34-22-24-11-15-26(16-12-24)40(2)20-6-18-32/h3-4,7-16,21-22H,5-6,19-20H2,1-2H3,(H,35,37)(H,36,38)/b33-21-,34-22-. The molecule has 2 N–H and O–H groups in total. The third-order valence-corrected chi connectivity index (χ3v) is 6.24. The molecule has 1 aromatic heterocycles. The first-order chi connectivity index (χ1) is 19.6. The first kappa shape index (κ1) is 27.6. The van der Waals surface area contributed by atoms with Gasteiger partial charge in [-0.15, -0.1) is 10.2 Å². The molecular weight excluding hydrogens is 500 g/mol. The zero-order chi connectivity index (χ0) is 28.2. The van der Waals surface area contributed by atoms with Crippen LogP contribution in [0, 0.1) is 22.7 Å². The van der Waals surface area contributed by atoms with Crippen molar-refractivity contribution in [2.45, 2.75) is 12.8 Å². The van der Waals surface area contributed by atoms with Crippen molar-refractivity contribution in [3.05, 3.63) is 83.9 Å². The number of rotatable bonds is 12. The van der Waals surface area contributed by atoms with E-state index in [1.54, 1.807) is 12.4 Å².